The van der Waals surface area contributed by atoms with Gasteiger partial charge in [0.1, 0.15) is 5.75 Å². The number of amides is 2. The first-order chi connectivity index (χ1) is 14.5. The minimum atomic E-state index is -0.685. The molecule has 0 bridgehead atoms. The predicted octanol–water partition coefficient (Wildman–Crippen LogP) is 2.51. The van der Waals surface area contributed by atoms with E-state index in [4.69, 9.17) is 4.74 Å². The summed E-state index contributed by atoms with van der Waals surface area (Å²) in [5.41, 5.74) is 3.66. The molecule has 1 aliphatic rings. The second-order valence-electron chi connectivity index (χ2n) is 7.16. The molecular weight excluding hydrogens is 384 g/mol. The molecule has 2 heterocycles. The van der Waals surface area contributed by atoms with Crippen LogP contribution in [0.2, 0.25) is 0 Å². The molecule has 2 amide bonds. The summed E-state index contributed by atoms with van der Waals surface area (Å²) < 4.78 is 5.17. The Morgan fingerprint density at radius 3 is 2.43 bits per heavy atom. The van der Waals surface area contributed by atoms with E-state index in [2.05, 4.69) is 21.4 Å². The average molecular weight is 406 g/mol. The number of aromatic amines is 2. The van der Waals surface area contributed by atoms with Crippen LogP contribution in [0.25, 0.3) is 17.1 Å². The number of fused-ring (bicyclic) bond motifs is 1. The van der Waals surface area contributed by atoms with Crippen LogP contribution in [0.5, 0.6) is 5.75 Å². The van der Waals surface area contributed by atoms with Crippen LogP contribution in [0.3, 0.4) is 0 Å². The highest BCUT2D eigenvalue weighted by Gasteiger charge is 2.25. The highest BCUT2D eigenvalue weighted by Crippen LogP contribution is 2.21. The Morgan fingerprint density at radius 2 is 1.73 bits per heavy atom. The Kier molecular flexibility index (Phi) is 5.38. The zero-order chi connectivity index (χ0) is 21.1. The fourth-order valence-electron chi connectivity index (χ4n) is 3.52. The van der Waals surface area contributed by atoms with Gasteiger partial charge in [0.15, 0.2) is 0 Å². The van der Waals surface area contributed by atoms with Gasteiger partial charge in [-0.25, -0.2) is 4.79 Å². The van der Waals surface area contributed by atoms with Crippen molar-refractivity contribution in [1.82, 2.24) is 14.9 Å². The minimum Gasteiger partial charge on any atom is -0.497 e. The molecule has 3 aromatic rings. The van der Waals surface area contributed by atoms with Gasteiger partial charge >= 0.3 is 17.5 Å². The number of rotatable bonds is 3. The fourth-order valence-corrected chi connectivity index (χ4v) is 3.52. The van der Waals surface area contributed by atoms with Crippen LogP contribution in [0, 0.1) is 0 Å². The van der Waals surface area contributed by atoms with Gasteiger partial charge in [0, 0.05) is 18.8 Å². The second kappa shape index (κ2) is 8.28. The lowest BCUT2D eigenvalue weighted by molar-refractivity contribution is -0.143. The van der Waals surface area contributed by atoms with E-state index < -0.39 is 11.8 Å². The van der Waals surface area contributed by atoms with Gasteiger partial charge in [0.05, 0.1) is 18.1 Å². The maximum absolute atomic E-state index is 12.5. The monoisotopic (exact) mass is 406 g/mol. The summed E-state index contributed by atoms with van der Waals surface area (Å²) in [6.45, 7) is 0.997. The van der Waals surface area contributed by atoms with Crippen molar-refractivity contribution in [3.8, 4) is 5.75 Å². The van der Waals surface area contributed by atoms with Crippen LogP contribution < -0.4 is 15.7 Å². The number of hydrogen-bond donors (Lipinski definition) is 3. The van der Waals surface area contributed by atoms with E-state index in [9.17, 15) is 14.4 Å². The highest BCUT2D eigenvalue weighted by atomic mass is 16.5. The van der Waals surface area contributed by atoms with E-state index in [1.54, 1.807) is 30.2 Å². The topological polar surface area (TPSA) is 107 Å². The number of carbonyl (C=O) groups is 2. The zero-order valence-corrected chi connectivity index (χ0v) is 16.5. The molecule has 0 radical (unpaired) electrons. The molecule has 4 rings (SSSR count). The number of nitrogens with zero attached hydrogens (tertiary/aromatic N) is 1. The van der Waals surface area contributed by atoms with Gasteiger partial charge < -0.3 is 24.9 Å². The molecule has 0 unspecified atom stereocenters. The number of ether oxygens (including phenoxy) is 1. The van der Waals surface area contributed by atoms with Crippen LogP contribution >= 0.6 is 0 Å². The Morgan fingerprint density at radius 1 is 1.03 bits per heavy atom. The van der Waals surface area contributed by atoms with E-state index >= 15 is 0 Å². The highest BCUT2D eigenvalue weighted by molar-refractivity contribution is 6.39. The van der Waals surface area contributed by atoms with Gasteiger partial charge in [-0.05, 0) is 48.7 Å². The van der Waals surface area contributed by atoms with Crippen molar-refractivity contribution < 1.29 is 14.3 Å². The van der Waals surface area contributed by atoms with Crippen LogP contribution in [0.4, 0.5) is 5.69 Å². The molecule has 8 nitrogen and oxygen atoms in total. The first-order valence-corrected chi connectivity index (χ1v) is 9.67. The summed E-state index contributed by atoms with van der Waals surface area (Å²) >= 11 is 0. The number of aromatic nitrogens is 2. The number of H-pyrrole nitrogens is 2. The summed E-state index contributed by atoms with van der Waals surface area (Å²) in [5, 5.41) is 2.61. The van der Waals surface area contributed by atoms with Gasteiger partial charge in [-0.1, -0.05) is 23.8 Å². The number of benzene rings is 2. The number of carbonyl (C=O) groups excluding carboxylic acids is 2. The van der Waals surface area contributed by atoms with Gasteiger partial charge in [0.2, 0.25) is 0 Å². The van der Waals surface area contributed by atoms with Crippen molar-refractivity contribution in [2.75, 3.05) is 25.5 Å². The molecule has 1 aliphatic heterocycles. The predicted molar refractivity (Wildman–Crippen MR) is 114 cm³/mol. The van der Waals surface area contributed by atoms with E-state index in [0.29, 0.717) is 29.8 Å². The van der Waals surface area contributed by atoms with Crippen LogP contribution in [0.1, 0.15) is 18.4 Å². The molecule has 0 spiro atoms. The number of anilines is 1. The van der Waals surface area contributed by atoms with E-state index in [-0.39, 0.29) is 5.69 Å². The number of piperidine rings is 1. The Labute approximate surface area is 172 Å². The molecule has 30 heavy (non-hydrogen) atoms. The summed E-state index contributed by atoms with van der Waals surface area (Å²) in [6, 6.07) is 12.7. The fraction of sp³-hybridized carbons (Fsp3) is 0.227. The number of hydrogen-bond acceptors (Lipinski definition) is 4. The van der Waals surface area contributed by atoms with Crippen molar-refractivity contribution in [3.63, 3.8) is 0 Å². The molecule has 0 saturated carbocycles. The van der Waals surface area contributed by atoms with Gasteiger partial charge in [-0.2, -0.15) is 0 Å². The first kappa shape index (κ1) is 19.5. The normalized spacial score (nSPS) is 13.9. The van der Waals surface area contributed by atoms with Crippen molar-refractivity contribution in [2.45, 2.75) is 12.8 Å². The van der Waals surface area contributed by atoms with E-state index in [0.717, 1.165) is 24.2 Å². The third kappa shape index (κ3) is 4.27. The maximum Gasteiger partial charge on any atom is 0.323 e. The second-order valence-corrected chi connectivity index (χ2v) is 7.16. The van der Waals surface area contributed by atoms with Gasteiger partial charge in [-0.15, -0.1) is 0 Å². The average Bonchev–Trinajstić information content (AvgIpc) is 3.13. The summed E-state index contributed by atoms with van der Waals surface area (Å²) in [5.74, 6) is -0.429. The molecular formula is C22H22N4O4. The lowest BCUT2D eigenvalue weighted by Gasteiger charge is -2.28. The molecule has 0 aliphatic carbocycles. The molecule has 0 atom stereocenters. The smallest absolute Gasteiger partial charge is 0.323 e. The molecule has 3 N–H and O–H groups in total. The zero-order valence-electron chi connectivity index (χ0n) is 16.5. The van der Waals surface area contributed by atoms with Crippen molar-refractivity contribution in [3.05, 3.63) is 64.1 Å². The van der Waals surface area contributed by atoms with Gasteiger partial charge in [0.25, 0.3) is 0 Å². The molecule has 1 fully saturated rings. The number of methoxy groups -OCH3 is 1. The van der Waals surface area contributed by atoms with Crippen LogP contribution in [-0.2, 0) is 9.59 Å². The maximum atomic E-state index is 12.5. The van der Waals surface area contributed by atoms with Crippen LogP contribution in [-0.4, -0.2) is 46.9 Å². The molecule has 2 aromatic carbocycles. The third-order valence-corrected chi connectivity index (χ3v) is 5.15. The van der Waals surface area contributed by atoms with E-state index in [1.165, 1.54) is 5.57 Å². The number of imidazole rings is 1. The lowest BCUT2D eigenvalue weighted by Crippen LogP contribution is -2.42. The summed E-state index contributed by atoms with van der Waals surface area (Å²) in [6.07, 6.45) is 3.57. The lowest BCUT2D eigenvalue weighted by atomic mass is 10.0. The van der Waals surface area contributed by atoms with Crippen molar-refractivity contribution in [2.24, 2.45) is 0 Å². The first-order valence-electron chi connectivity index (χ1n) is 9.67. The third-order valence-electron chi connectivity index (χ3n) is 5.15. The Bertz CT molecular complexity index is 1160. The van der Waals surface area contributed by atoms with Gasteiger partial charge in [-0.3, -0.25) is 9.59 Å². The van der Waals surface area contributed by atoms with E-state index in [1.807, 2.05) is 24.3 Å². The SMILES string of the molecule is COc1ccc(C=C2CCN(C(=O)C(=O)Nc3ccc4[nH]c(=O)[nH]c4c3)CC2)cc1. The molecule has 1 aromatic heterocycles. The number of nitrogens with one attached hydrogen (secondary N) is 3. The van der Waals surface area contributed by atoms with Crippen molar-refractivity contribution in [1.29, 1.82) is 0 Å². The van der Waals surface area contributed by atoms with Crippen molar-refractivity contribution >= 4 is 34.6 Å². The quantitative estimate of drug-likeness (QED) is 0.581. The standard InChI is InChI=1S/C22H22N4O4/c1-30-17-5-2-14(3-6-17)12-15-8-10-26(11-9-15)21(28)20(27)23-16-4-7-18-19(13-16)25-22(29)24-18/h2-7,12-13H,8-11H2,1H3,(H,23,27)(H2,24,25,29). The minimum absolute atomic E-state index is 0.323. The summed E-state index contributed by atoms with van der Waals surface area (Å²) in [7, 11) is 1.63. The number of likely N-dealkylation sites (tertiary alicyclic amines) is 1. The molecule has 154 valence electrons. The molecule has 8 heteroatoms. The summed E-state index contributed by atoms with van der Waals surface area (Å²) in [4.78, 5) is 43.1. The largest absolute Gasteiger partial charge is 0.497 e. The molecule has 1 saturated heterocycles. The Hall–Kier alpha value is -3.81. The Balaban J connectivity index is 1.35. The van der Waals surface area contributed by atoms with Crippen LogP contribution in [0.15, 0.2) is 52.8 Å².